The van der Waals surface area contributed by atoms with E-state index in [-0.39, 0.29) is 11.6 Å². The minimum atomic E-state index is -0.193. The summed E-state index contributed by atoms with van der Waals surface area (Å²) in [4.78, 5) is 18.2. The van der Waals surface area contributed by atoms with Crippen LogP contribution in [0.3, 0.4) is 0 Å². The van der Waals surface area contributed by atoms with Crippen molar-refractivity contribution >= 4 is 6.03 Å². The Morgan fingerprint density at radius 2 is 2.24 bits per heavy atom. The van der Waals surface area contributed by atoms with Gasteiger partial charge in [0.25, 0.3) is 0 Å². The topological polar surface area (TPSA) is 45.2 Å². The molecule has 0 unspecified atom stereocenters. The lowest BCUT2D eigenvalue weighted by atomic mass is 10.1. The molecule has 0 fully saturated rings. The number of nitrogens with zero attached hydrogens (tertiary/aromatic N) is 2. The van der Waals surface area contributed by atoms with Crippen molar-refractivity contribution in [3.8, 4) is 0 Å². The van der Waals surface area contributed by atoms with Crippen LogP contribution in [0.4, 0.5) is 4.79 Å². The summed E-state index contributed by atoms with van der Waals surface area (Å²) in [6.07, 6.45) is 2.67. The van der Waals surface area contributed by atoms with E-state index < -0.39 is 0 Å². The number of rotatable bonds is 0. The maximum Gasteiger partial charge on any atom is 0.318 e. The summed E-state index contributed by atoms with van der Waals surface area (Å²) < 4.78 is 0. The first kappa shape index (κ1) is 11.9. The van der Waals surface area contributed by atoms with Crippen LogP contribution < -0.4 is 5.32 Å². The fourth-order valence-corrected chi connectivity index (χ4v) is 1.93. The highest BCUT2D eigenvalue weighted by atomic mass is 16.2. The maximum atomic E-state index is 12.0. The number of fused-ring (bicyclic) bond motifs is 1. The lowest BCUT2D eigenvalue weighted by Gasteiger charge is -2.31. The van der Waals surface area contributed by atoms with Gasteiger partial charge in [0.1, 0.15) is 0 Å². The van der Waals surface area contributed by atoms with E-state index >= 15 is 0 Å². The van der Waals surface area contributed by atoms with Gasteiger partial charge in [-0.15, -0.1) is 0 Å². The molecule has 2 amide bonds. The van der Waals surface area contributed by atoms with Crippen LogP contribution in [0.5, 0.6) is 0 Å². The number of nitrogens with one attached hydrogen (secondary N) is 1. The zero-order valence-corrected chi connectivity index (χ0v) is 10.7. The minimum absolute atomic E-state index is 0.00574. The molecule has 4 heteroatoms. The molecule has 17 heavy (non-hydrogen) atoms. The Morgan fingerprint density at radius 3 is 2.94 bits per heavy atom. The van der Waals surface area contributed by atoms with E-state index in [0.29, 0.717) is 6.54 Å². The van der Waals surface area contributed by atoms with Crippen LogP contribution in [0.1, 0.15) is 32.0 Å². The first-order chi connectivity index (χ1) is 7.96. The Morgan fingerprint density at radius 1 is 1.47 bits per heavy atom. The fraction of sp³-hybridized carbons (Fsp3) is 0.538. The molecular formula is C13H19N3O. The van der Waals surface area contributed by atoms with Crippen molar-refractivity contribution in [1.82, 2.24) is 15.2 Å². The Hall–Kier alpha value is -1.58. The second kappa shape index (κ2) is 4.35. The average Bonchev–Trinajstić information content (AvgIpc) is 2.26. The smallest absolute Gasteiger partial charge is 0.318 e. The molecule has 1 aromatic heterocycles. The fourth-order valence-electron chi connectivity index (χ4n) is 1.93. The molecule has 0 aliphatic carbocycles. The molecule has 2 rings (SSSR count). The minimum Gasteiger partial charge on any atom is -0.333 e. The summed E-state index contributed by atoms with van der Waals surface area (Å²) in [5, 5.41) is 2.98. The van der Waals surface area contributed by atoms with Gasteiger partial charge in [-0.05, 0) is 38.8 Å². The lowest BCUT2D eigenvalue weighted by molar-refractivity contribution is 0.182. The zero-order valence-electron chi connectivity index (χ0n) is 10.7. The third-order valence-corrected chi connectivity index (χ3v) is 2.75. The third kappa shape index (κ3) is 2.96. The van der Waals surface area contributed by atoms with E-state index in [2.05, 4.69) is 16.4 Å². The van der Waals surface area contributed by atoms with Crippen LogP contribution in [-0.4, -0.2) is 28.0 Å². The van der Waals surface area contributed by atoms with E-state index in [1.165, 1.54) is 5.56 Å². The lowest BCUT2D eigenvalue weighted by Crippen LogP contribution is -2.49. The molecule has 0 saturated heterocycles. The Bertz CT molecular complexity index is 423. The highest BCUT2D eigenvalue weighted by molar-refractivity contribution is 5.75. The second-order valence-corrected chi connectivity index (χ2v) is 5.46. The van der Waals surface area contributed by atoms with Gasteiger partial charge in [0.05, 0.1) is 12.2 Å². The standard InChI is InChI=1S/C13H19N3O/c1-13(2,3)15-12(17)16-8-6-10-5-4-7-14-11(10)9-16/h4-5,7H,6,8-9H2,1-3H3,(H,15,17). The molecule has 1 aromatic rings. The van der Waals surface area contributed by atoms with Crippen molar-refractivity contribution in [2.75, 3.05) is 6.54 Å². The second-order valence-electron chi connectivity index (χ2n) is 5.46. The van der Waals surface area contributed by atoms with Gasteiger partial charge in [-0.2, -0.15) is 0 Å². The third-order valence-electron chi connectivity index (χ3n) is 2.75. The summed E-state index contributed by atoms with van der Waals surface area (Å²) >= 11 is 0. The van der Waals surface area contributed by atoms with Gasteiger partial charge in [0, 0.05) is 18.3 Å². The quantitative estimate of drug-likeness (QED) is 0.744. The normalized spacial score (nSPS) is 15.4. The Labute approximate surface area is 102 Å². The summed E-state index contributed by atoms with van der Waals surface area (Å²) in [7, 11) is 0. The molecule has 0 saturated carbocycles. The molecule has 1 aliphatic rings. The van der Waals surface area contributed by atoms with E-state index in [1.54, 1.807) is 6.20 Å². The molecule has 0 aromatic carbocycles. The summed E-state index contributed by atoms with van der Waals surface area (Å²) in [5.74, 6) is 0. The number of amides is 2. The van der Waals surface area contributed by atoms with E-state index in [9.17, 15) is 4.79 Å². The molecule has 2 heterocycles. The van der Waals surface area contributed by atoms with Crippen molar-refractivity contribution in [3.05, 3.63) is 29.6 Å². The van der Waals surface area contributed by atoms with Gasteiger partial charge in [-0.3, -0.25) is 4.98 Å². The number of urea groups is 1. The van der Waals surface area contributed by atoms with Crippen LogP contribution in [0, 0.1) is 0 Å². The molecule has 0 spiro atoms. The van der Waals surface area contributed by atoms with Crippen molar-refractivity contribution in [3.63, 3.8) is 0 Å². The van der Waals surface area contributed by atoms with Crippen molar-refractivity contribution in [2.24, 2.45) is 0 Å². The highest BCUT2D eigenvalue weighted by Gasteiger charge is 2.23. The van der Waals surface area contributed by atoms with Gasteiger partial charge in [0.15, 0.2) is 0 Å². The molecule has 0 radical (unpaired) electrons. The summed E-state index contributed by atoms with van der Waals surface area (Å²) in [6.45, 7) is 7.34. The van der Waals surface area contributed by atoms with Gasteiger partial charge in [-0.25, -0.2) is 4.79 Å². The van der Waals surface area contributed by atoms with Crippen LogP contribution in [0.25, 0.3) is 0 Å². The SMILES string of the molecule is CC(C)(C)NC(=O)N1CCc2cccnc2C1. The molecule has 4 nitrogen and oxygen atoms in total. The summed E-state index contributed by atoms with van der Waals surface area (Å²) in [5.41, 5.74) is 2.08. The Balaban J connectivity index is 2.05. The van der Waals surface area contributed by atoms with Crippen LogP contribution in [0.15, 0.2) is 18.3 Å². The largest absolute Gasteiger partial charge is 0.333 e. The van der Waals surface area contributed by atoms with E-state index in [4.69, 9.17) is 0 Å². The first-order valence-electron chi connectivity index (χ1n) is 5.95. The van der Waals surface area contributed by atoms with Crippen molar-refractivity contribution in [1.29, 1.82) is 0 Å². The van der Waals surface area contributed by atoms with Crippen LogP contribution >= 0.6 is 0 Å². The van der Waals surface area contributed by atoms with Crippen molar-refractivity contribution < 1.29 is 4.79 Å². The monoisotopic (exact) mass is 233 g/mol. The first-order valence-corrected chi connectivity index (χ1v) is 5.95. The van der Waals surface area contributed by atoms with Gasteiger partial charge < -0.3 is 10.2 Å². The molecule has 0 bridgehead atoms. The maximum absolute atomic E-state index is 12.0. The molecular weight excluding hydrogens is 214 g/mol. The molecule has 1 aliphatic heterocycles. The van der Waals surface area contributed by atoms with Gasteiger partial charge in [-0.1, -0.05) is 6.07 Å². The predicted octanol–water partition coefficient (Wildman–Crippen LogP) is 1.95. The van der Waals surface area contributed by atoms with Crippen molar-refractivity contribution in [2.45, 2.75) is 39.3 Å². The number of hydrogen-bond acceptors (Lipinski definition) is 2. The number of pyridine rings is 1. The number of hydrogen-bond donors (Lipinski definition) is 1. The number of carbonyl (C=O) groups is 1. The number of aromatic nitrogens is 1. The van der Waals surface area contributed by atoms with Crippen LogP contribution in [-0.2, 0) is 13.0 Å². The molecule has 1 N–H and O–H groups in total. The average molecular weight is 233 g/mol. The van der Waals surface area contributed by atoms with E-state index in [1.807, 2.05) is 31.7 Å². The Kier molecular flexibility index (Phi) is 3.05. The summed E-state index contributed by atoms with van der Waals surface area (Å²) in [6, 6.07) is 4.03. The van der Waals surface area contributed by atoms with Crippen LogP contribution in [0.2, 0.25) is 0 Å². The zero-order chi connectivity index (χ0) is 12.5. The van der Waals surface area contributed by atoms with E-state index in [0.717, 1.165) is 18.7 Å². The predicted molar refractivity (Wildman–Crippen MR) is 66.6 cm³/mol. The molecule has 0 atom stereocenters. The highest BCUT2D eigenvalue weighted by Crippen LogP contribution is 2.16. The van der Waals surface area contributed by atoms with Gasteiger partial charge in [0.2, 0.25) is 0 Å². The number of carbonyl (C=O) groups excluding carboxylic acids is 1. The molecule has 92 valence electrons. The van der Waals surface area contributed by atoms with Gasteiger partial charge >= 0.3 is 6.03 Å².